The minimum absolute atomic E-state index is 0.0412. The third kappa shape index (κ3) is 3.63. The maximum atomic E-state index is 12.5. The Morgan fingerprint density at radius 3 is 2.33 bits per heavy atom. The number of anilines is 1. The van der Waals surface area contributed by atoms with Gasteiger partial charge in [0.25, 0.3) is 0 Å². The van der Waals surface area contributed by atoms with Gasteiger partial charge in [0.15, 0.2) is 0 Å². The van der Waals surface area contributed by atoms with Gasteiger partial charge in [-0.05, 0) is 30.5 Å². The van der Waals surface area contributed by atoms with E-state index in [1.165, 1.54) is 0 Å². The molecule has 2 aromatic rings. The van der Waals surface area contributed by atoms with E-state index in [0.717, 1.165) is 17.5 Å². The summed E-state index contributed by atoms with van der Waals surface area (Å²) in [6.07, 6.45) is 0.771. The maximum Gasteiger partial charge on any atom is 0.228 e. The van der Waals surface area contributed by atoms with Crippen LogP contribution in [0.15, 0.2) is 54.6 Å². The SMILES string of the molecule is CCC(C(=O)NC(C)c1ccccc1N)c1ccccc1. The van der Waals surface area contributed by atoms with Gasteiger partial charge in [-0.2, -0.15) is 0 Å². The van der Waals surface area contributed by atoms with Crippen molar-refractivity contribution in [2.75, 3.05) is 5.73 Å². The number of carbonyl (C=O) groups excluding carboxylic acids is 1. The second-order valence-electron chi connectivity index (χ2n) is 5.23. The molecule has 0 saturated carbocycles. The molecule has 0 aliphatic heterocycles. The van der Waals surface area contributed by atoms with E-state index in [-0.39, 0.29) is 17.9 Å². The summed E-state index contributed by atoms with van der Waals surface area (Å²) in [5.41, 5.74) is 8.67. The van der Waals surface area contributed by atoms with Gasteiger partial charge < -0.3 is 11.1 Å². The Morgan fingerprint density at radius 1 is 1.10 bits per heavy atom. The molecular weight excluding hydrogens is 260 g/mol. The summed E-state index contributed by atoms with van der Waals surface area (Å²) in [5.74, 6) is -0.0851. The summed E-state index contributed by atoms with van der Waals surface area (Å²) in [6.45, 7) is 3.99. The lowest BCUT2D eigenvalue weighted by molar-refractivity contribution is -0.123. The van der Waals surface area contributed by atoms with Gasteiger partial charge in [0, 0.05) is 5.69 Å². The predicted octanol–water partition coefficient (Wildman–Crippen LogP) is 3.64. The first-order valence-electron chi connectivity index (χ1n) is 7.33. The molecular formula is C18H22N2O. The molecule has 3 N–H and O–H groups in total. The molecule has 3 heteroatoms. The Balaban J connectivity index is 2.11. The van der Waals surface area contributed by atoms with E-state index in [1.54, 1.807) is 0 Å². The van der Waals surface area contributed by atoms with E-state index in [0.29, 0.717) is 5.69 Å². The summed E-state index contributed by atoms with van der Waals surface area (Å²) in [7, 11) is 0. The maximum absolute atomic E-state index is 12.5. The lowest BCUT2D eigenvalue weighted by Crippen LogP contribution is -2.31. The van der Waals surface area contributed by atoms with Crippen molar-refractivity contribution in [2.45, 2.75) is 32.2 Å². The molecule has 21 heavy (non-hydrogen) atoms. The summed E-state index contributed by atoms with van der Waals surface area (Å²) in [6, 6.07) is 17.4. The Bertz CT molecular complexity index is 595. The third-order valence-corrected chi connectivity index (χ3v) is 3.75. The van der Waals surface area contributed by atoms with Gasteiger partial charge in [0.1, 0.15) is 0 Å². The number of nitrogens with one attached hydrogen (secondary N) is 1. The number of carbonyl (C=O) groups is 1. The van der Waals surface area contributed by atoms with E-state index in [1.807, 2.05) is 68.4 Å². The highest BCUT2D eigenvalue weighted by atomic mass is 16.1. The van der Waals surface area contributed by atoms with Crippen molar-refractivity contribution in [2.24, 2.45) is 0 Å². The molecule has 0 fully saturated rings. The molecule has 0 heterocycles. The second-order valence-corrected chi connectivity index (χ2v) is 5.23. The van der Waals surface area contributed by atoms with Crippen LogP contribution in [0.2, 0.25) is 0 Å². The van der Waals surface area contributed by atoms with Crippen LogP contribution in [0.1, 0.15) is 43.4 Å². The summed E-state index contributed by atoms with van der Waals surface area (Å²) < 4.78 is 0. The van der Waals surface area contributed by atoms with Crippen LogP contribution in [0.3, 0.4) is 0 Å². The molecule has 0 radical (unpaired) electrons. The number of nitrogen functional groups attached to an aromatic ring is 1. The van der Waals surface area contributed by atoms with Gasteiger partial charge in [-0.15, -0.1) is 0 Å². The number of rotatable bonds is 5. The monoisotopic (exact) mass is 282 g/mol. The summed E-state index contributed by atoms with van der Waals surface area (Å²) in [5, 5.41) is 3.07. The molecule has 3 nitrogen and oxygen atoms in total. The molecule has 0 spiro atoms. The van der Waals surface area contributed by atoms with Crippen molar-refractivity contribution in [3.63, 3.8) is 0 Å². The van der Waals surface area contributed by atoms with Crippen LogP contribution in [0, 0.1) is 0 Å². The quantitative estimate of drug-likeness (QED) is 0.823. The van der Waals surface area contributed by atoms with E-state index >= 15 is 0 Å². The lowest BCUT2D eigenvalue weighted by Gasteiger charge is -2.21. The molecule has 2 unspecified atom stereocenters. The van der Waals surface area contributed by atoms with Gasteiger partial charge in [-0.3, -0.25) is 4.79 Å². The third-order valence-electron chi connectivity index (χ3n) is 3.75. The van der Waals surface area contributed by atoms with Crippen LogP contribution in [0.25, 0.3) is 0 Å². The van der Waals surface area contributed by atoms with Crippen LogP contribution in [0.4, 0.5) is 5.69 Å². The number of benzene rings is 2. The fourth-order valence-electron chi connectivity index (χ4n) is 2.55. The van der Waals surface area contributed by atoms with Crippen molar-refractivity contribution in [3.8, 4) is 0 Å². The molecule has 2 atom stereocenters. The van der Waals surface area contributed by atoms with Gasteiger partial charge in [0.2, 0.25) is 5.91 Å². The standard InChI is InChI=1S/C18H22N2O/c1-3-15(14-9-5-4-6-10-14)18(21)20-13(2)16-11-7-8-12-17(16)19/h4-13,15H,3,19H2,1-2H3,(H,20,21). The Hall–Kier alpha value is -2.29. The van der Waals surface area contributed by atoms with Crippen LogP contribution in [0.5, 0.6) is 0 Å². The van der Waals surface area contributed by atoms with Crippen molar-refractivity contribution in [1.82, 2.24) is 5.32 Å². The van der Waals surface area contributed by atoms with E-state index < -0.39 is 0 Å². The Labute approximate surface area is 126 Å². The van der Waals surface area contributed by atoms with Crippen molar-refractivity contribution in [3.05, 3.63) is 65.7 Å². The van der Waals surface area contributed by atoms with Crippen molar-refractivity contribution < 1.29 is 4.79 Å². The predicted molar refractivity (Wildman–Crippen MR) is 86.9 cm³/mol. The largest absolute Gasteiger partial charge is 0.398 e. The highest BCUT2D eigenvalue weighted by Crippen LogP contribution is 2.23. The fraction of sp³-hybridized carbons (Fsp3) is 0.278. The zero-order valence-electron chi connectivity index (χ0n) is 12.5. The number of para-hydroxylation sites is 1. The first-order chi connectivity index (χ1) is 10.1. The minimum Gasteiger partial charge on any atom is -0.398 e. The zero-order chi connectivity index (χ0) is 15.2. The average Bonchev–Trinajstić information content (AvgIpc) is 2.49. The first-order valence-corrected chi connectivity index (χ1v) is 7.33. The molecule has 2 aromatic carbocycles. The highest BCUT2D eigenvalue weighted by molar-refractivity contribution is 5.84. The molecule has 0 saturated heterocycles. The van der Waals surface area contributed by atoms with E-state index in [2.05, 4.69) is 5.32 Å². The Morgan fingerprint density at radius 2 is 1.71 bits per heavy atom. The molecule has 1 amide bonds. The van der Waals surface area contributed by atoms with Crippen LogP contribution >= 0.6 is 0 Å². The molecule has 0 aliphatic carbocycles. The molecule has 0 bridgehead atoms. The zero-order valence-corrected chi connectivity index (χ0v) is 12.5. The number of nitrogens with two attached hydrogens (primary N) is 1. The van der Waals surface area contributed by atoms with E-state index in [9.17, 15) is 4.79 Å². The molecule has 0 aromatic heterocycles. The lowest BCUT2D eigenvalue weighted by atomic mass is 9.95. The number of amides is 1. The summed E-state index contributed by atoms with van der Waals surface area (Å²) >= 11 is 0. The van der Waals surface area contributed by atoms with Gasteiger partial charge in [-0.25, -0.2) is 0 Å². The number of hydrogen-bond acceptors (Lipinski definition) is 2. The molecule has 2 rings (SSSR count). The van der Waals surface area contributed by atoms with Crippen LogP contribution in [-0.2, 0) is 4.79 Å². The van der Waals surface area contributed by atoms with Gasteiger partial charge in [-0.1, -0.05) is 55.5 Å². The van der Waals surface area contributed by atoms with Crippen LogP contribution < -0.4 is 11.1 Å². The average molecular weight is 282 g/mol. The molecule has 0 aliphatic rings. The Kier molecular flexibility index (Phi) is 4.99. The topological polar surface area (TPSA) is 55.1 Å². The molecule has 110 valence electrons. The van der Waals surface area contributed by atoms with Gasteiger partial charge in [0.05, 0.1) is 12.0 Å². The smallest absolute Gasteiger partial charge is 0.228 e. The van der Waals surface area contributed by atoms with Crippen molar-refractivity contribution in [1.29, 1.82) is 0 Å². The van der Waals surface area contributed by atoms with E-state index in [4.69, 9.17) is 5.73 Å². The second kappa shape index (κ2) is 6.93. The first kappa shape index (κ1) is 15.1. The summed E-state index contributed by atoms with van der Waals surface area (Å²) in [4.78, 5) is 12.5. The van der Waals surface area contributed by atoms with Crippen LogP contribution in [-0.4, -0.2) is 5.91 Å². The minimum atomic E-state index is -0.126. The fourth-order valence-corrected chi connectivity index (χ4v) is 2.55. The van der Waals surface area contributed by atoms with Gasteiger partial charge >= 0.3 is 0 Å². The highest BCUT2D eigenvalue weighted by Gasteiger charge is 2.21. The number of hydrogen-bond donors (Lipinski definition) is 2. The normalized spacial score (nSPS) is 13.4. The van der Waals surface area contributed by atoms with Crippen molar-refractivity contribution >= 4 is 11.6 Å².